The van der Waals surface area contributed by atoms with Crippen molar-refractivity contribution in [2.75, 3.05) is 70.7 Å². The minimum absolute atomic E-state index is 0.0119. The molecule has 2 aromatic heterocycles. The molecule has 2 fully saturated rings. The molecular weight excluding hydrogens is 530 g/mol. The number of nitrogen functional groups attached to an aromatic ring is 1. The van der Waals surface area contributed by atoms with Gasteiger partial charge in [-0.05, 0) is 87.5 Å². The SMILES string of the molecule is COC(=O)C[C@H](CN1CC[C@@H](CCc2ccc(OC)c(N)n2)C1)c1cc(N2CCNCC2)cc(-n2nc(C)cc2C)c1. The predicted molar refractivity (Wildman–Crippen MR) is 166 cm³/mol. The number of likely N-dealkylation sites (tertiary alicyclic amines) is 1. The maximum atomic E-state index is 12.7. The fourth-order valence-corrected chi connectivity index (χ4v) is 6.34. The first-order valence-electron chi connectivity index (χ1n) is 15.1. The Labute approximate surface area is 249 Å². The van der Waals surface area contributed by atoms with Gasteiger partial charge in [0.2, 0.25) is 0 Å². The zero-order valence-corrected chi connectivity index (χ0v) is 25.4. The number of esters is 1. The van der Waals surface area contributed by atoms with Crippen molar-refractivity contribution in [3.63, 3.8) is 0 Å². The molecule has 10 nitrogen and oxygen atoms in total. The van der Waals surface area contributed by atoms with Crippen LogP contribution in [0.2, 0.25) is 0 Å². The molecule has 4 heterocycles. The van der Waals surface area contributed by atoms with Gasteiger partial charge in [0, 0.05) is 62.3 Å². The van der Waals surface area contributed by atoms with E-state index >= 15 is 0 Å². The van der Waals surface area contributed by atoms with E-state index in [1.54, 1.807) is 7.11 Å². The van der Waals surface area contributed by atoms with Crippen LogP contribution in [0.1, 0.15) is 47.8 Å². The van der Waals surface area contributed by atoms with Gasteiger partial charge in [-0.25, -0.2) is 9.67 Å². The van der Waals surface area contributed by atoms with Crippen LogP contribution in [0, 0.1) is 19.8 Å². The van der Waals surface area contributed by atoms with Crippen LogP contribution in [0.25, 0.3) is 5.69 Å². The molecule has 42 heavy (non-hydrogen) atoms. The monoisotopic (exact) mass is 575 g/mol. The highest BCUT2D eigenvalue weighted by Crippen LogP contribution is 2.32. The fraction of sp³-hybridized carbons (Fsp3) is 0.531. The molecule has 2 atom stereocenters. The van der Waals surface area contributed by atoms with Crippen LogP contribution in [0.5, 0.6) is 5.75 Å². The molecule has 10 heteroatoms. The Morgan fingerprint density at radius 1 is 1.10 bits per heavy atom. The number of hydrogen-bond donors (Lipinski definition) is 2. The molecule has 0 radical (unpaired) electrons. The Hall–Kier alpha value is -3.63. The zero-order valence-electron chi connectivity index (χ0n) is 25.4. The number of nitrogens with zero attached hydrogens (tertiary/aromatic N) is 5. The van der Waals surface area contributed by atoms with Gasteiger partial charge in [0.25, 0.3) is 0 Å². The van der Waals surface area contributed by atoms with Gasteiger partial charge in [-0.1, -0.05) is 0 Å². The molecule has 0 saturated carbocycles. The molecule has 3 aromatic rings. The number of rotatable bonds is 11. The van der Waals surface area contributed by atoms with E-state index in [9.17, 15) is 4.79 Å². The van der Waals surface area contributed by atoms with Gasteiger partial charge in [0.15, 0.2) is 11.6 Å². The minimum Gasteiger partial charge on any atom is -0.493 e. The quantitative estimate of drug-likeness (QED) is 0.332. The lowest BCUT2D eigenvalue weighted by molar-refractivity contribution is -0.141. The number of nitrogens with two attached hydrogens (primary N) is 1. The minimum atomic E-state index is -0.181. The van der Waals surface area contributed by atoms with Crippen LogP contribution >= 0.6 is 0 Å². The first-order valence-corrected chi connectivity index (χ1v) is 15.1. The molecule has 3 N–H and O–H groups in total. The Morgan fingerprint density at radius 2 is 1.88 bits per heavy atom. The third-order valence-electron chi connectivity index (χ3n) is 8.59. The number of aryl methyl sites for hydroxylation is 3. The second kappa shape index (κ2) is 13.6. The average Bonchev–Trinajstić information content (AvgIpc) is 3.60. The van der Waals surface area contributed by atoms with Gasteiger partial charge >= 0.3 is 5.97 Å². The predicted octanol–water partition coefficient (Wildman–Crippen LogP) is 3.49. The van der Waals surface area contributed by atoms with Crippen molar-refractivity contribution in [3.8, 4) is 11.4 Å². The van der Waals surface area contributed by atoms with Crippen molar-refractivity contribution in [3.05, 3.63) is 59.0 Å². The summed E-state index contributed by atoms with van der Waals surface area (Å²) >= 11 is 0. The van der Waals surface area contributed by atoms with E-state index in [4.69, 9.17) is 20.3 Å². The number of ether oxygens (including phenoxy) is 2. The number of pyridine rings is 1. The number of benzene rings is 1. The summed E-state index contributed by atoms with van der Waals surface area (Å²) in [5.74, 6) is 1.46. The Bertz CT molecular complexity index is 1370. The standard InChI is InChI=1S/C32H45N7O3/c1-22-15-23(2)39(36-22)29-17-25(16-28(19-29)38-13-10-34-11-14-38)26(18-31(40)42-4)21-37-12-9-24(20-37)5-6-27-7-8-30(41-3)32(33)35-27/h7-8,15-17,19,24,26,34H,5-6,9-14,18,20-21H2,1-4H3,(H2,33,35)/t24-,26-/m1/s1. The summed E-state index contributed by atoms with van der Waals surface area (Å²) in [6, 6.07) is 12.7. The van der Waals surface area contributed by atoms with Crippen LogP contribution in [-0.2, 0) is 16.0 Å². The highest BCUT2D eigenvalue weighted by Gasteiger charge is 2.28. The van der Waals surface area contributed by atoms with Gasteiger partial charge in [-0.2, -0.15) is 5.10 Å². The molecule has 2 aliphatic rings. The van der Waals surface area contributed by atoms with Gasteiger partial charge in [0.05, 0.1) is 32.0 Å². The smallest absolute Gasteiger partial charge is 0.306 e. The van der Waals surface area contributed by atoms with E-state index in [0.29, 0.717) is 23.9 Å². The van der Waals surface area contributed by atoms with Crippen molar-refractivity contribution in [2.45, 2.75) is 45.4 Å². The lowest BCUT2D eigenvalue weighted by Crippen LogP contribution is -2.43. The number of methoxy groups -OCH3 is 2. The van der Waals surface area contributed by atoms with Gasteiger partial charge in [-0.3, -0.25) is 4.79 Å². The summed E-state index contributed by atoms with van der Waals surface area (Å²) < 4.78 is 12.4. The molecule has 0 aliphatic carbocycles. The highest BCUT2D eigenvalue weighted by molar-refractivity contribution is 5.71. The van der Waals surface area contributed by atoms with E-state index in [1.807, 2.05) is 23.7 Å². The summed E-state index contributed by atoms with van der Waals surface area (Å²) in [6.07, 6.45) is 3.41. The van der Waals surface area contributed by atoms with Crippen molar-refractivity contribution in [1.29, 1.82) is 0 Å². The molecule has 0 bridgehead atoms. The van der Waals surface area contributed by atoms with Crippen LogP contribution in [0.3, 0.4) is 0 Å². The maximum Gasteiger partial charge on any atom is 0.306 e. The summed E-state index contributed by atoms with van der Waals surface area (Å²) in [5.41, 5.74) is 12.5. The number of carbonyl (C=O) groups excluding carboxylic acids is 1. The third-order valence-corrected chi connectivity index (χ3v) is 8.59. The number of carbonyl (C=O) groups is 1. The molecule has 0 amide bonds. The molecule has 226 valence electrons. The van der Waals surface area contributed by atoms with E-state index in [1.165, 1.54) is 12.8 Å². The highest BCUT2D eigenvalue weighted by atomic mass is 16.5. The van der Waals surface area contributed by atoms with Gasteiger partial charge in [-0.15, -0.1) is 0 Å². The first kappa shape index (κ1) is 29.8. The number of hydrogen-bond acceptors (Lipinski definition) is 9. The second-order valence-electron chi connectivity index (χ2n) is 11.7. The van der Waals surface area contributed by atoms with E-state index < -0.39 is 0 Å². The molecule has 1 aromatic carbocycles. The molecule has 0 spiro atoms. The Morgan fingerprint density at radius 3 is 2.57 bits per heavy atom. The fourth-order valence-electron chi connectivity index (χ4n) is 6.34. The van der Waals surface area contributed by atoms with Crippen LogP contribution in [0.15, 0.2) is 36.4 Å². The van der Waals surface area contributed by atoms with E-state index in [0.717, 1.165) is 93.4 Å². The number of aromatic nitrogens is 3. The van der Waals surface area contributed by atoms with Crippen molar-refractivity contribution < 1.29 is 14.3 Å². The second-order valence-corrected chi connectivity index (χ2v) is 11.7. The number of piperazine rings is 1. The van der Waals surface area contributed by atoms with Crippen molar-refractivity contribution in [1.82, 2.24) is 25.0 Å². The lowest BCUT2D eigenvalue weighted by atomic mass is 9.93. The van der Waals surface area contributed by atoms with Gasteiger partial charge < -0.3 is 30.3 Å². The van der Waals surface area contributed by atoms with Gasteiger partial charge in [0.1, 0.15) is 0 Å². The maximum absolute atomic E-state index is 12.7. The van der Waals surface area contributed by atoms with Crippen LogP contribution in [0.4, 0.5) is 11.5 Å². The van der Waals surface area contributed by atoms with E-state index in [-0.39, 0.29) is 11.9 Å². The summed E-state index contributed by atoms with van der Waals surface area (Å²) in [5, 5.41) is 8.23. The van der Waals surface area contributed by atoms with Crippen molar-refractivity contribution >= 4 is 17.5 Å². The summed E-state index contributed by atoms with van der Waals surface area (Å²) in [6.45, 7) is 10.7. The summed E-state index contributed by atoms with van der Waals surface area (Å²) in [7, 11) is 3.08. The molecule has 0 unspecified atom stereocenters. The average molecular weight is 576 g/mol. The Kier molecular flexibility index (Phi) is 9.64. The largest absolute Gasteiger partial charge is 0.493 e. The third kappa shape index (κ3) is 7.22. The van der Waals surface area contributed by atoms with Crippen LogP contribution < -0.4 is 20.7 Å². The molecular formula is C32H45N7O3. The Balaban J connectivity index is 1.34. The first-order chi connectivity index (χ1) is 20.3. The number of nitrogens with one attached hydrogen (secondary N) is 1. The normalized spacial score (nSPS) is 18.3. The van der Waals surface area contributed by atoms with E-state index in [2.05, 4.69) is 51.3 Å². The van der Waals surface area contributed by atoms with Crippen molar-refractivity contribution in [2.24, 2.45) is 5.92 Å². The topological polar surface area (TPSA) is 111 Å². The van der Waals surface area contributed by atoms with Crippen LogP contribution in [-0.4, -0.2) is 85.7 Å². The molecule has 2 saturated heterocycles. The lowest BCUT2D eigenvalue weighted by Gasteiger charge is -2.31. The summed E-state index contributed by atoms with van der Waals surface area (Å²) in [4.78, 5) is 22.1. The zero-order chi connectivity index (χ0) is 29.6. The number of anilines is 2. The molecule has 2 aliphatic heterocycles. The molecule has 5 rings (SSSR count).